The number of carbonyl (C=O) groups is 1. The van der Waals surface area contributed by atoms with Gasteiger partial charge >= 0.3 is 6.09 Å². The molecule has 2 aliphatic rings. The second-order valence-corrected chi connectivity index (χ2v) is 6.43. The van der Waals surface area contributed by atoms with Gasteiger partial charge in [0.15, 0.2) is 5.75 Å². The smallest absolute Gasteiger partial charge is 0.412 e. The Morgan fingerprint density at radius 1 is 1.00 bits per heavy atom. The molecule has 2 aromatic rings. The number of benzene rings is 2. The first kappa shape index (κ1) is 13.9. The first-order chi connectivity index (χ1) is 11.0. The van der Waals surface area contributed by atoms with E-state index in [0.717, 1.165) is 34.7 Å². The van der Waals surface area contributed by atoms with Gasteiger partial charge in [0.2, 0.25) is 0 Å². The summed E-state index contributed by atoms with van der Waals surface area (Å²) in [5.74, 6) is 1.41. The summed E-state index contributed by atoms with van der Waals surface area (Å²) in [6.07, 6.45) is -0.422. The topological polar surface area (TPSA) is 59.6 Å². The molecule has 23 heavy (non-hydrogen) atoms. The van der Waals surface area contributed by atoms with Crippen LogP contribution in [-0.2, 0) is 6.54 Å². The zero-order valence-corrected chi connectivity index (χ0v) is 13.1. The molecule has 0 spiro atoms. The monoisotopic (exact) mass is 310 g/mol. The third kappa shape index (κ3) is 2.38. The van der Waals surface area contributed by atoms with Crippen LogP contribution in [0.2, 0.25) is 0 Å². The van der Waals surface area contributed by atoms with Crippen molar-refractivity contribution in [2.45, 2.75) is 26.0 Å². The van der Waals surface area contributed by atoms with E-state index in [1.54, 1.807) is 0 Å². The molecule has 0 atom stereocenters. The van der Waals surface area contributed by atoms with E-state index in [1.807, 2.05) is 50.2 Å². The third-order valence-electron chi connectivity index (χ3n) is 4.10. The van der Waals surface area contributed by atoms with Gasteiger partial charge in [0.1, 0.15) is 11.4 Å². The number of fused-ring (bicyclic) bond motifs is 2. The maximum Gasteiger partial charge on any atom is 0.412 e. The Labute approximate surface area is 134 Å². The van der Waals surface area contributed by atoms with Gasteiger partial charge in [-0.15, -0.1) is 0 Å². The summed E-state index contributed by atoms with van der Waals surface area (Å²) in [7, 11) is 0. The van der Waals surface area contributed by atoms with Crippen molar-refractivity contribution < 1.29 is 14.3 Å². The van der Waals surface area contributed by atoms with Gasteiger partial charge < -0.3 is 20.1 Å². The van der Waals surface area contributed by atoms with Crippen molar-refractivity contribution in [2.24, 2.45) is 0 Å². The first-order valence-electron chi connectivity index (χ1n) is 7.67. The van der Waals surface area contributed by atoms with Gasteiger partial charge in [-0.05, 0) is 19.9 Å². The Morgan fingerprint density at radius 3 is 2.57 bits per heavy atom. The van der Waals surface area contributed by atoms with Crippen LogP contribution in [0, 0.1) is 0 Å². The lowest BCUT2D eigenvalue weighted by molar-refractivity contribution is 0.117. The first-order valence-corrected chi connectivity index (χ1v) is 7.67. The molecule has 0 radical (unpaired) electrons. The molecule has 2 N–H and O–H groups in total. The van der Waals surface area contributed by atoms with Crippen molar-refractivity contribution >= 4 is 11.8 Å². The third-order valence-corrected chi connectivity index (χ3v) is 4.10. The number of hydrogen-bond acceptors (Lipinski definition) is 4. The van der Waals surface area contributed by atoms with Crippen LogP contribution in [0.4, 0.5) is 10.5 Å². The molecule has 2 aliphatic heterocycles. The molecule has 1 amide bonds. The zero-order chi connectivity index (χ0) is 16.0. The summed E-state index contributed by atoms with van der Waals surface area (Å²) in [6, 6.07) is 11.8. The maximum absolute atomic E-state index is 11.6. The summed E-state index contributed by atoms with van der Waals surface area (Å²) in [5.41, 5.74) is 3.42. The van der Waals surface area contributed by atoms with E-state index in [2.05, 4.69) is 10.6 Å². The lowest BCUT2D eigenvalue weighted by Crippen LogP contribution is -2.40. The lowest BCUT2D eigenvalue weighted by Gasteiger charge is -2.35. The summed E-state index contributed by atoms with van der Waals surface area (Å²) in [5, 5.41) is 6.09. The van der Waals surface area contributed by atoms with Gasteiger partial charge in [0.25, 0.3) is 0 Å². The highest BCUT2D eigenvalue weighted by atomic mass is 16.6. The minimum atomic E-state index is -0.422. The number of anilines is 1. The number of hydrogen-bond donors (Lipinski definition) is 2. The number of amides is 1. The minimum Gasteiger partial charge on any atom is -0.483 e. The van der Waals surface area contributed by atoms with Crippen LogP contribution in [0.15, 0.2) is 36.4 Å². The highest BCUT2D eigenvalue weighted by molar-refractivity contribution is 5.86. The number of carbonyl (C=O) groups excluding carboxylic acids is 1. The van der Waals surface area contributed by atoms with Crippen molar-refractivity contribution in [1.29, 1.82) is 0 Å². The normalized spacial score (nSPS) is 17.7. The van der Waals surface area contributed by atoms with Crippen LogP contribution in [-0.4, -0.2) is 18.2 Å². The van der Waals surface area contributed by atoms with Crippen LogP contribution in [0.3, 0.4) is 0 Å². The summed E-state index contributed by atoms with van der Waals surface area (Å²) in [6.45, 7) is 5.31. The second kappa shape index (κ2) is 4.91. The molecule has 2 aromatic carbocycles. The summed E-state index contributed by atoms with van der Waals surface area (Å²) < 4.78 is 11.6. The molecule has 118 valence electrons. The number of nitrogens with one attached hydrogen (secondary N) is 2. The fourth-order valence-electron chi connectivity index (χ4n) is 2.97. The fraction of sp³-hybridized carbons (Fsp3) is 0.278. The standard InChI is InChI=1S/C18H18N2O3/c1-18(2)10-20-14-8-4-7-13(16(14)23-18)12-6-3-5-11-9-19-17(21)22-15(11)12/h3-8,20H,9-10H2,1-2H3,(H,19,21). The van der Waals surface area contributed by atoms with Gasteiger partial charge in [-0.1, -0.05) is 30.3 Å². The van der Waals surface area contributed by atoms with E-state index < -0.39 is 6.09 Å². The average Bonchev–Trinajstić information content (AvgIpc) is 2.53. The van der Waals surface area contributed by atoms with Gasteiger partial charge in [-0.2, -0.15) is 0 Å². The van der Waals surface area contributed by atoms with Gasteiger partial charge in [0.05, 0.1) is 12.2 Å². The maximum atomic E-state index is 11.6. The van der Waals surface area contributed by atoms with Gasteiger partial charge in [-0.25, -0.2) is 4.79 Å². The van der Waals surface area contributed by atoms with E-state index in [-0.39, 0.29) is 5.60 Å². The fourth-order valence-corrected chi connectivity index (χ4v) is 2.97. The number of rotatable bonds is 1. The Kier molecular flexibility index (Phi) is 2.98. The predicted octanol–water partition coefficient (Wildman–Crippen LogP) is 3.54. The van der Waals surface area contributed by atoms with E-state index in [9.17, 15) is 4.79 Å². The molecular formula is C18H18N2O3. The molecule has 5 nitrogen and oxygen atoms in total. The summed E-state index contributed by atoms with van der Waals surface area (Å²) in [4.78, 5) is 11.6. The van der Waals surface area contributed by atoms with E-state index in [0.29, 0.717) is 12.3 Å². The number of ether oxygens (including phenoxy) is 2. The van der Waals surface area contributed by atoms with Gasteiger partial charge in [0, 0.05) is 23.2 Å². The molecule has 0 fully saturated rings. The van der Waals surface area contributed by atoms with Crippen LogP contribution in [0.5, 0.6) is 11.5 Å². The Morgan fingerprint density at radius 2 is 1.74 bits per heavy atom. The van der Waals surface area contributed by atoms with Crippen molar-refractivity contribution in [1.82, 2.24) is 5.32 Å². The molecule has 0 aromatic heterocycles. The van der Waals surface area contributed by atoms with Crippen LogP contribution in [0.25, 0.3) is 11.1 Å². The highest BCUT2D eigenvalue weighted by Crippen LogP contribution is 2.45. The van der Waals surface area contributed by atoms with Crippen molar-refractivity contribution in [2.75, 3.05) is 11.9 Å². The Bertz CT molecular complexity index is 799. The van der Waals surface area contributed by atoms with Crippen molar-refractivity contribution in [3.05, 3.63) is 42.0 Å². The molecule has 4 rings (SSSR count). The van der Waals surface area contributed by atoms with Gasteiger partial charge in [-0.3, -0.25) is 0 Å². The van der Waals surface area contributed by atoms with Crippen LogP contribution in [0.1, 0.15) is 19.4 Å². The highest BCUT2D eigenvalue weighted by Gasteiger charge is 2.30. The predicted molar refractivity (Wildman–Crippen MR) is 87.9 cm³/mol. The molecule has 0 saturated carbocycles. The molecular weight excluding hydrogens is 292 g/mol. The number of para-hydroxylation sites is 2. The molecule has 5 heteroatoms. The van der Waals surface area contributed by atoms with Crippen LogP contribution < -0.4 is 20.1 Å². The van der Waals surface area contributed by atoms with E-state index >= 15 is 0 Å². The minimum absolute atomic E-state index is 0.295. The molecule has 0 aliphatic carbocycles. The van der Waals surface area contributed by atoms with Crippen LogP contribution >= 0.6 is 0 Å². The van der Waals surface area contributed by atoms with Crippen molar-refractivity contribution in [3.8, 4) is 22.6 Å². The molecule has 0 bridgehead atoms. The van der Waals surface area contributed by atoms with E-state index in [4.69, 9.17) is 9.47 Å². The van der Waals surface area contributed by atoms with Crippen molar-refractivity contribution in [3.63, 3.8) is 0 Å². The quantitative estimate of drug-likeness (QED) is 0.846. The summed E-state index contributed by atoms with van der Waals surface area (Å²) >= 11 is 0. The molecule has 0 saturated heterocycles. The largest absolute Gasteiger partial charge is 0.483 e. The second-order valence-electron chi connectivity index (χ2n) is 6.43. The zero-order valence-electron chi connectivity index (χ0n) is 13.1. The lowest BCUT2D eigenvalue weighted by atomic mass is 9.97. The molecule has 0 unspecified atom stereocenters. The Hall–Kier alpha value is -2.69. The van der Waals surface area contributed by atoms with E-state index in [1.165, 1.54) is 0 Å². The average molecular weight is 310 g/mol. The Balaban J connectivity index is 1.89. The molecule has 2 heterocycles. The SMILES string of the molecule is CC1(C)CNc2cccc(-c3cccc4c3OC(=O)NC4)c2O1.